The van der Waals surface area contributed by atoms with Gasteiger partial charge in [0.1, 0.15) is 0 Å². The Morgan fingerprint density at radius 3 is 2.95 bits per heavy atom. The molecule has 4 nitrogen and oxygen atoms in total. The summed E-state index contributed by atoms with van der Waals surface area (Å²) in [7, 11) is 2.26. The van der Waals surface area contributed by atoms with Gasteiger partial charge in [-0.05, 0) is 38.8 Å². The smallest absolute Gasteiger partial charge is 0.0948 e. The molecule has 1 fully saturated rings. The first kappa shape index (κ1) is 15.5. The van der Waals surface area contributed by atoms with Crippen LogP contribution in [-0.2, 0) is 6.54 Å². The van der Waals surface area contributed by atoms with E-state index >= 15 is 0 Å². The quantitative estimate of drug-likeness (QED) is 0.868. The van der Waals surface area contributed by atoms with Gasteiger partial charge in [-0.2, -0.15) is 0 Å². The van der Waals surface area contributed by atoms with Gasteiger partial charge in [0.15, 0.2) is 0 Å². The van der Waals surface area contributed by atoms with Crippen LogP contribution in [0.15, 0.2) is 12.5 Å². The van der Waals surface area contributed by atoms with E-state index in [9.17, 15) is 0 Å². The summed E-state index contributed by atoms with van der Waals surface area (Å²) in [5, 5.41) is 3.62. The molecule has 2 atom stereocenters. The first-order valence-electron chi connectivity index (χ1n) is 8.07. The molecule has 1 aliphatic heterocycles. The van der Waals surface area contributed by atoms with Crippen molar-refractivity contribution in [3.05, 3.63) is 18.2 Å². The molecule has 0 saturated carbocycles. The van der Waals surface area contributed by atoms with Crippen LogP contribution in [-0.4, -0.2) is 40.6 Å². The second-order valence-electron chi connectivity index (χ2n) is 6.40. The fourth-order valence-electron chi connectivity index (χ4n) is 3.33. The Morgan fingerprint density at radius 2 is 2.25 bits per heavy atom. The third-order valence-corrected chi connectivity index (χ3v) is 4.31. The van der Waals surface area contributed by atoms with Crippen LogP contribution in [0.2, 0.25) is 0 Å². The van der Waals surface area contributed by atoms with Gasteiger partial charge in [-0.3, -0.25) is 4.90 Å². The lowest BCUT2D eigenvalue weighted by atomic mass is 9.87. The minimum Gasteiger partial charge on any atom is -0.333 e. The number of likely N-dealkylation sites (tertiary alicyclic amines) is 1. The Labute approximate surface area is 123 Å². The van der Waals surface area contributed by atoms with E-state index in [-0.39, 0.29) is 0 Å². The molecule has 0 spiro atoms. The highest BCUT2D eigenvalue weighted by Gasteiger charge is 2.32. The van der Waals surface area contributed by atoms with Gasteiger partial charge in [-0.25, -0.2) is 4.98 Å². The van der Waals surface area contributed by atoms with Crippen molar-refractivity contribution in [2.24, 2.45) is 5.92 Å². The number of imidazole rings is 1. The highest BCUT2D eigenvalue weighted by atomic mass is 15.2. The Bertz CT molecular complexity index is 399. The van der Waals surface area contributed by atoms with Crippen LogP contribution in [0.1, 0.15) is 51.8 Å². The Kier molecular flexibility index (Phi) is 5.61. The fraction of sp³-hybridized carbons (Fsp3) is 0.812. The summed E-state index contributed by atoms with van der Waals surface area (Å²) >= 11 is 0. The standard InChI is InChI=1S/C16H30N4/c1-5-8-20-12-17-11-15(20)16-14(10-18-13(2)3)7-6-9-19(16)4/h11-14,16,18H,5-10H2,1-4H3. The highest BCUT2D eigenvalue weighted by molar-refractivity contribution is 5.09. The molecule has 2 heterocycles. The van der Waals surface area contributed by atoms with E-state index in [4.69, 9.17) is 0 Å². The summed E-state index contributed by atoms with van der Waals surface area (Å²) in [4.78, 5) is 6.91. The summed E-state index contributed by atoms with van der Waals surface area (Å²) in [6, 6.07) is 1.06. The molecule has 1 aromatic rings. The van der Waals surface area contributed by atoms with Crippen LogP contribution in [0.5, 0.6) is 0 Å². The normalized spacial score (nSPS) is 24.4. The molecular weight excluding hydrogens is 248 g/mol. The van der Waals surface area contributed by atoms with E-state index in [0.717, 1.165) is 19.5 Å². The van der Waals surface area contributed by atoms with Gasteiger partial charge in [0.2, 0.25) is 0 Å². The molecule has 0 radical (unpaired) electrons. The summed E-state index contributed by atoms with van der Waals surface area (Å²) in [6.45, 7) is 10.0. The van der Waals surface area contributed by atoms with Crippen LogP contribution in [0.25, 0.3) is 0 Å². The number of hydrogen-bond donors (Lipinski definition) is 1. The third-order valence-electron chi connectivity index (χ3n) is 4.31. The SMILES string of the molecule is CCCn1cncc1C1C(CNC(C)C)CCCN1C. The molecule has 20 heavy (non-hydrogen) atoms. The minimum absolute atomic E-state index is 0.504. The van der Waals surface area contributed by atoms with Crippen molar-refractivity contribution in [3.8, 4) is 0 Å². The van der Waals surface area contributed by atoms with Crippen molar-refractivity contribution < 1.29 is 0 Å². The Balaban J connectivity index is 2.16. The van der Waals surface area contributed by atoms with E-state index in [1.165, 1.54) is 25.1 Å². The number of aromatic nitrogens is 2. The van der Waals surface area contributed by atoms with Gasteiger partial charge in [-0.15, -0.1) is 0 Å². The average molecular weight is 278 g/mol. The van der Waals surface area contributed by atoms with Crippen molar-refractivity contribution in [3.63, 3.8) is 0 Å². The van der Waals surface area contributed by atoms with Crippen molar-refractivity contribution in [2.45, 2.75) is 58.7 Å². The van der Waals surface area contributed by atoms with Crippen LogP contribution < -0.4 is 5.32 Å². The van der Waals surface area contributed by atoms with Crippen LogP contribution in [0.3, 0.4) is 0 Å². The largest absolute Gasteiger partial charge is 0.333 e. The Morgan fingerprint density at radius 1 is 1.45 bits per heavy atom. The fourth-order valence-corrected chi connectivity index (χ4v) is 3.33. The van der Waals surface area contributed by atoms with E-state index in [1.807, 2.05) is 6.33 Å². The van der Waals surface area contributed by atoms with E-state index < -0.39 is 0 Å². The van der Waals surface area contributed by atoms with Gasteiger partial charge in [0.05, 0.1) is 18.1 Å². The lowest BCUT2D eigenvalue weighted by Crippen LogP contribution is -2.42. The topological polar surface area (TPSA) is 33.1 Å². The lowest BCUT2D eigenvalue weighted by molar-refractivity contribution is 0.111. The molecule has 114 valence electrons. The van der Waals surface area contributed by atoms with Crippen LogP contribution >= 0.6 is 0 Å². The maximum atomic E-state index is 4.40. The molecule has 2 unspecified atom stereocenters. The van der Waals surface area contributed by atoms with Crippen molar-refractivity contribution >= 4 is 0 Å². The zero-order valence-corrected chi connectivity index (χ0v) is 13.5. The van der Waals surface area contributed by atoms with Crippen LogP contribution in [0.4, 0.5) is 0 Å². The minimum atomic E-state index is 0.504. The molecule has 1 N–H and O–H groups in total. The highest BCUT2D eigenvalue weighted by Crippen LogP contribution is 2.34. The van der Waals surface area contributed by atoms with E-state index in [0.29, 0.717) is 18.0 Å². The second kappa shape index (κ2) is 7.23. The average Bonchev–Trinajstić information content (AvgIpc) is 2.85. The van der Waals surface area contributed by atoms with Crippen LogP contribution in [0, 0.1) is 5.92 Å². The van der Waals surface area contributed by atoms with Gasteiger partial charge in [-0.1, -0.05) is 20.8 Å². The number of rotatable bonds is 6. The molecule has 1 saturated heterocycles. The van der Waals surface area contributed by atoms with Gasteiger partial charge in [0, 0.05) is 25.3 Å². The van der Waals surface area contributed by atoms with Gasteiger partial charge < -0.3 is 9.88 Å². The Hall–Kier alpha value is -0.870. The third kappa shape index (κ3) is 3.61. The number of hydrogen-bond acceptors (Lipinski definition) is 3. The maximum Gasteiger partial charge on any atom is 0.0948 e. The summed E-state index contributed by atoms with van der Waals surface area (Å²) in [5.74, 6) is 0.684. The van der Waals surface area contributed by atoms with Gasteiger partial charge in [0.25, 0.3) is 0 Å². The summed E-state index contributed by atoms with van der Waals surface area (Å²) < 4.78 is 2.34. The number of aryl methyl sites for hydroxylation is 1. The number of piperidine rings is 1. The second-order valence-corrected chi connectivity index (χ2v) is 6.40. The number of nitrogens with zero attached hydrogens (tertiary/aromatic N) is 3. The predicted molar refractivity (Wildman–Crippen MR) is 83.8 cm³/mol. The first-order valence-corrected chi connectivity index (χ1v) is 8.07. The van der Waals surface area contributed by atoms with E-state index in [2.05, 4.69) is 53.8 Å². The molecule has 0 bridgehead atoms. The van der Waals surface area contributed by atoms with E-state index in [1.54, 1.807) is 0 Å². The first-order chi connectivity index (χ1) is 9.63. The monoisotopic (exact) mass is 278 g/mol. The molecule has 4 heteroatoms. The molecular formula is C16H30N4. The molecule has 1 aliphatic rings. The molecule has 2 rings (SSSR count). The predicted octanol–water partition coefficient (Wildman–Crippen LogP) is 2.67. The van der Waals surface area contributed by atoms with Crippen molar-refractivity contribution in [2.75, 3.05) is 20.1 Å². The molecule has 0 aliphatic carbocycles. The lowest BCUT2D eigenvalue weighted by Gasteiger charge is -2.40. The molecule has 1 aromatic heterocycles. The maximum absolute atomic E-state index is 4.40. The molecule has 0 aromatic carbocycles. The number of nitrogens with one attached hydrogen (secondary N) is 1. The summed E-state index contributed by atoms with van der Waals surface area (Å²) in [5.41, 5.74) is 1.39. The van der Waals surface area contributed by atoms with Crippen molar-refractivity contribution in [1.82, 2.24) is 19.8 Å². The summed E-state index contributed by atoms with van der Waals surface area (Å²) in [6.07, 6.45) is 7.85. The molecule has 0 amide bonds. The van der Waals surface area contributed by atoms with Gasteiger partial charge >= 0.3 is 0 Å². The zero-order valence-electron chi connectivity index (χ0n) is 13.5. The van der Waals surface area contributed by atoms with Crippen molar-refractivity contribution in [1.29, 1.82) is 0 Å². The zero-order chi connectivity index (χ0) is 14.5.